The second-order valence-electron chi connectivity index (χ2n) is 7.26. The van der Waals surface area contributed by atoms with Gasteiger partial charge in [0.1, 0.15) is 5.82 Å². The van der Waals surface area contributed by atoms with E-state index >= 15 is 0 Å². The minimum absolute atomic E-state index is 0.148. The molecule has 1 unspecified atom stereocenters. The number of thiazole rings is 1. The van der Waals surface area contributed by atoms with Crippen LogP contribution in [-0.2, 0) is 35.5 Å². The Bertz CT molecular complexity index is 1090. The molecular formula is C19H21ClN4O2S3. The predicted octanol–water partition coefficient (Wildman–Crippen LogP) is 3.79. The van der Waals surface area contributed by atoms with Crippen molar-refractivity contribution in [3.8, 4) is 0 Å². The Hall–Kier alpha value is -1.42. The fourth-order valence-electron chi connectivity index (χ4n) is 3.35. The first-order valence-electron chi connectivity index (χ1n) is 9.27. The van der Waals surface area contributed by atoms with Crippen LogP contribution < -0.4 is 0 Å². The molecule has 0 bridgehead atoms. The van der Waals surface area contributed by atoms with Crippen LogP contribution in [0.5, 0.6) is 0 Å². The van der Waals surface area contributed by atoms with Gasteiger partial charge in [0, 0.05) is 36.0 Å². The minimum atomic E-state index is -2.87. The zero-order valence-corrected chi connectivity index (χ0v) is 19.1. The SMILES string of the molecule is Cn1c(CC2CCS(=O)(=O)C2)nnc1SCc1csc(Cc2ccc(Cl)cc2)n1. The molecule has 3 heterocycles. The van der Waals surface area contributed by atoms with Crippen LogP contribution in [0.25, 0.3) is 0 Å². The van der Waals surface area contributed by atoms with Gasteiger partial charge in [-0.2, -0.15) is 0 Å². The summed E-state index contributed by atoms with van der Waals surface area (Å²) in [5.74, 6) is 2.27. The number of nitrogens with zero attached hydrogens (tertiary/aromatic N) is 4. The first kappa shape index (κ1) is 20.8. The highest BCUT2D eigenvalue weighted by molar-refractivity contribution is 7.98. The van der Waals surface area contributed by atoms with Gasteiger partial charge in [0.15, 0.2) is 15.0 Å². The van der Waals surface area contributed by atoms with Crippen molar-refractivity contribution >= 4 is 44.5 Å². The summed E-state index contributed by atoms with van der Waals surface area (Å²) in [5, 5.41) is 13.3. The Labute approximate surface area is 183 Å². The number of rotatable bonds is 7. The van der Waals surface area contributed by atoms with Crippen LogP contribution in [-0.4, -0.2) is 39.7 Å². The molecule has 4 rings (SSSR count). The monoisotopic (exact) mass is 468 g/mol. The number of halogens is 1. The second-order valence-corrected chi connectivity index (χ2v) is 11.8. The van der Waals surface area contributed by atoms with E-state index in [2.05, 4.69) is 15.6 Å². The molecule has 6 nitrogen and oxygen atoms in total. The van der Waals surface area contributed by atoms with Gasteiger partial charge in [-0.25, -0.2) is 13.4 Å². The number of thioether (sulfide) groups is 1. The van der Waals surface area contributed by atoms with Crippen LogP contribution in [0.4, 0.5) is 0 Å². The zero-order chi connectivity index (χ0) is 20.4. The van der Waals surface area contributed by atoms with Crippen LogP contribution in [0, 0.1) is 5.92 Å². The van der Waals surface area contributed by atoms with E-state index in [-0.39, 0.29) is 11.7 Å². The van der Waals surface area contributed by atoms with Gasteiger partial charge < -0.3 is 4.57 Å². The summed E-state index contributed by atoms with van der Waals surface area (Å²) in [5.41, 5.74) is 2.21. The van der Waals surface area contributed by atoms with Gasteiger partial charge in [0.05, 0.1) is 22.2 Å². The average molecular weight is 469 g/mol. The lowest BCUT2D eigenvalue weighted by Gasteiger charge is -2.07. The molecule has 1 aliphatic heterocycles. The molecule has 0 aliphatic carbocycles. The largest absolute Gasteiger partial charge is 0.309 e. The van der Waals surface area contributed by atoms with E-state index < -0.39 is 9.84 Å². The molecule has 2 aromatic heterocycles. The van der Waals surface area contributed by atoms with E-state index in [1.54, 1.807) is 23.1 Å². The first-order chi connectivity index (χ1) is 13.9. The quantitative estimate of drug-likeness (QED) is 0.491. The Morgan fingerprint density at radius 2 is 2.07 bits per heavy atom. The van der Waals surface area contributed by atoms with E-state index in [1.807, 2.05) is 35.9 Å². The second kappa shape index (κ2) is 8.75. The third-order valence-corrected chi connectivity index (χ3v) is 8.98. The molecule has 1 saturated heterocycles. The summed E-state index contributed by atoms with van der Waals surface area (Å²) < 4.78 is 25.3. The van der Waals surface area contributed by atoms with Crippen LogP contribution >= 0.6 is 34.7 Å². The van der Waals surface area contributed by atoms with E-state index in [0.717, 1.165) is 38.9 Å². The number of hydrogen-bond donors (Lipinski definition) is 0. The number of aromatic nitrogens is 4. The minimum Gasteiger partial charge on any atom is -0.309 e. The van der Waals surface area contributed by atoms with Crippen molar-refractivity contribution in [2.75, 3.05) is 11.5 Å². The summed E-state index contributed by atoms with van der Waals surface area (Å²) in [6.45, 7) is 0. The van der Waals surface area contributed by atoms with Crippen LogP contribution in [0.3, 0.4) is 0 Å². The lowest BCUT2D eigenvalue weighted by molar-refractivity contribution is 0.552. The highest BCUT2D eigenvalue weighted by Gasteiger charge is 2.29. The van der Waals surface area contributed by atoms with Crippen molar-refractivity contribution in [1.82, 2.24) is 19.7 Å². The molecule has 10 heteroatoms. The number of benzene rings is 1. The summed E-state index contributed by atoms with van der Waals surface area (Å²) in [6, 6.07) is 7.84. The summed E-state index contributed by atoms with van der Waals surface area (Å²) in [7, 11) is -0.928. The average Bonchev–Trinajstić information content (AvgIpc) is 3.36. The molecule has 1 aliphatic rings. The molecule has 1 aromatic carbocycles. The van der Waals surface area contributed by atoms with E-state index in [1.165, 1.54) is 5.56 Å². The van der Waals surface area contributed by atoms with Crippen molar-refractivity contribution in [1.29, 1.82) is 0 Å². The van der Waals surface area contributed by atoms with Gasteiger partial charge in [-0.1, -0.05) is 35.5 Å². The summed E-state index contributed by atoms with van der Waals surface area (Å²) in [4.78, 5) is 4.72. The van der Waals surface area contributed by atoms with E-state index in [0.29, 0.717) is 18.6 Å². The zero-order valence-electron chi connectivity index (χ0n) is 15.9. The summed E-state index contributed by atoms with van der Waals surface area (Å²) in [6.07, 6.45) is 2.17. The van der Waals surface area contributed by atoms with Crippen molar-refractivity contribution < 1.29 is 8.42 Å². The Balaban J connectivity index is 1.33. The highest BCUT2D eigenvalue weighted by Crippen LogP contribution is 2.26. The third kappa shape index (κ3) is 5.39. The van der Waals surface area contributed by atoms with Crippen molar-refractivity contribution in [3.05, 3.63) is 56.8 Å². The Kier molecular flexibility index (Phi) is 6.29. The Morgan fingerprint density at radius 3 is 2.79 bits per heavy atom. The number of sulfone groups is 1. The fraction of sp³-hybridized carbons (Fsp3) is 0.421. The fourth-order valence-corrected chi connectivity index (χ4v) is 7.10. The molecule has 154 valence electrons. The maximum atomic E-state index is 11.7. The third-order valence-electron chi connectivity index (χ3n) is 4.94. The van der Waals surface area contributed by atoms with Gasteiger partial charge in [0.25, 0.3) is 0 Å². The van der Waals surface area contributed by atoms with Crippen molar-refractivity contribution in [3.63, 3.8) is 0 Å². The van der Waals surface area contributed by atoms with Gasteiger partial charge in [-0.15, -0.1) is 21.5 Å². The van der Waals surface area contributed by atoms with Gasteiger partial charge in [-0.3, -0.25) is 0 Å². The van der Waals surface area contributed by atoms with Crippen LogP contribution in [0.2, 0.25) is 5.02 Å². The maximum absolute atomic E-state index is 11.7. The van der Waals surface area contributed by atoms with Gasteiger partial charge >= 0.3 is 0 Å². The molecular weight excluding hydrogens is 448 g/mol. The lowest BCUT2D eigenvalue weighted by Crippen LogP contribution is -2.11. The van der Waals surface area contributed by atoms with E-state index in [9.17, 15) is 8.42 Å². The van der Waals surface area contributed by atoms with Gasteiger partial charge in [-0.05, 0) is 30.0 Å². The molecule has 1 fully saturated rings. The Morgan fingerprint density at radius 1 is 1.28 bits per heavy atom. The normalized spacial score (nSPS) is 18.3. The van der Waals surface area contributed by atoms with Gasteiger partial charge in [0.2, 0.25) is 0 Å². The molecule has 29 heavy (non-hydrogen) atoms. The lowest BCUT2D eigenvalue weighted by atomic mass is 10.1. The highest BCUT2D eigenvalue weighted by atomic mass is 35.5. The van der Waals surface area contributed by atoms with E-state index in [4.69, 9.17) is 16.6 Å². The van der Waals surface area contributed by atoms with Crippen molar-refractivity contribution in [2.24, 2.45) is 13.0 Å². The van der Waals surface area contributed by atoms with Crippen LogP contribution in [0.15, 0.2) is 34.8 Å². The topological polar surface area (TPSA) is 77.7 Å². The predicted molar refractivity (Wildman–Crippen MR) is 117 cm³/mol. The molecule has 0 saturated carbocycles. The maximum Gasteiger partial charge on any atom is 0.191 e. The van der Waals surface area contributed by atoms with Crippen LogP contribution in [0.1, 0.15) is 28.5 Å². The molecule has 0 radical (unpaired) electrons. The first-order valence-corrected chi connectivity index (χ1v) is 13.3. The number of hydrogen-bond acceptors (Lipinski definition) is 7. The molecule has 0 amide bonds. The standard InChI is InChI=1S/C19H21ClN4O2S3/c1-24-17(8-14-6-7-29(25,26)12-14)22-23-19(24)28-11-16-10-27-18(21-16)9-13-2-4-15(20)5-3-13/h2-5,10,14H,6-9,11-12H2,1H3. The summed E-state index contributed by atoms with van der Waals surface area (Å²) >= 11 is 9.19. The smallest absolute Gasteiger partial charge is 0.191 e. The molecule has 1 atom stereocenters. The van der Waals surface area contributed by atoms with Crippen molar-refractivity contribution in [2.45, 2.75) is 30.2 Å². The molecule has 3 aromatic rings. The molecule has 0 N–H and O–H groups in total. The molecule has 0 spiro atoms.